The van der Waals surface area contributed by atoms with E-state index in [0.29, 0.717) is 0 Å². The lowest BCUT2D eigenvalue weighted by atomic mass is 10.2. The van der Waals surface area contributed by atoms with Crippen molar-refractivity contribution in [3.05, 3.63) is 34.9 Å². The number of thiol groups is 1. The molecule has 16 heavy (non-hydrogen) atoms. The summed E-state index contributed by atoms with van der Waals surface area (Å²) in [5.74, 6) is 3.39. The molecule has 0 spiro atoms. The lowest BCUT2D eigenvalue weighted by molar-refractivity contribution is 0.712. The third kappa shape index (κ3) is 6.72. The van der Waals surface area contributed by atoms with Crippen LogP contribution in [0.2, 0.25) is 5.02 Å². The Morgan fingerprint density at radius 2 is 1.69 bits per heavy atom. The van der Waals surface area contributed by atoms with Crippen molar-refractivity contribution >= 4 is 36.0 Å². The van der Waals surface area contributed by atoms with Gasteiger partial charge in [-0.25, -0.2) is 0 Å². The summed E-state index contributed by atoms with van der Waals surface area (Å²) < 4.78 is 0. The molecule has 0 aliphatic heterocycles. The number of unbranched alkanes of at least 4 members (excludes halogenated alkanes) is 3. The average Bonchev–Trinajstić information content (AvgIpc) is 2.30. The second-order valence-corrected chi connectivity index (χ2v) is 5.81. The zero-order valence-corrected chi connectivity index (χ0v) is 12.0. The second-order valence-electron chi connectivity index (χ2n) is 3.82. The Labute approximate surface area is 114 Å². The van der Waals surface area contributed by atoms with Gasteiger partial charge in [-0.1, -0.05) is 36.6 Å². The van der Waals surface area contributed by atoms with Crippen molar-refractivity contribution in [1.82, 2.24) is 0 Å². The Hall–Kier alpha value is 0.210. The highest BCUT2D eigenvalue weighted by Gasteiger charge is 1.94. The molecule has 0 nitrogen and oxygen atoms in total. The first-order chi connectivity index (χ1) is 7.83. The largest absolute Gasteiger partial charge is 0.179 e. The van der Waals surface area contributed by atoms with E-state index in [1.807, 2.05) is 23.9 Å². The molecule has 3 heteroatoms. The van der Waals surface area contributed by atoms with Gasteiger partial charge in [-0.05, 0) is 42.0 Å². The van der Waals surface area contributed by atoms with E-state index in [1.54, 1.807) is 0 Å². The Morgan fingerprint density at radius 1 is 1.00 bits per heavy atom. The molecule has 1 rings (SSSR count). The first-order valence-electron chi connectivity index (χ1n) is 5.76. The highest BCUT2D eigenvalue weighted by molar-refractivity contribution is 7.98. The second kappa shape index (κ2) is 9.26. The van der Waals surface area contributed by atoms with Gasteiger partial charge >= 0.3 is 0 Å². The first-order valence-corrected chi connectivity index (χ1v) is 7.92. The molecular weight excluding hydrogens is 256 g/mol. The van der Waals surface area contributed by atoms with Crippen molar-refractivity contribution in [1.29, 1.82) is 0 Å². The van der Waals surface area contributed by atoms with Gasteiger partial charge < -0.3 is 0 Å². The Kier molecular flexibility index (Phi) is 8.26. The number of halogens is 1. The zero-order valence-electron chi connectivity index (χ0n) is 9.49. The third-order valence-corrected chi connectivity index (χ3v) is 4.06. The maximum atomic E-state index is 5.83. The van der Waals surface area contributed by atoms with Crippen molar-refractivity contribution in [2.45, 2.75) is 31.4 Å². The van der Waals surface area contributed by atoms with Crippen LogP contribution in [-0.4, -0.2) is 11.5 Å². The molecule has 0 amide bonds. The summed E-state index contributed by atoms with van der Waals surface area (Å²) in [7, 11) is 0. The molecule has 0 saturated heterocycles. The van der Waals surface area contributed by atoms with Crippen LogP contribution in [0.5, 0.6) is 0 Å². The van der Waals surface area contributed by atoms with Crippen LogP contribution >= 0.6 is 36.0 Å². The molecule has 0 bridgehead atoms. The standard InChI is InChI=1S/C13H19ClS2/c14-13-7-5-12(6-8-13)11-16-10-4-2-1-3-9-15/h5-8,15H,1-4,9-11H2. The van der Waals surface area contributed by atoms with Gasteiger partial charge in [0.2, 0.25) is 0 Å². The molecule has 0 aliphatic carbocycles. The molecule has 1 aromatic rings. The fourth-order valence-corrected chi connectivity index (χ4v) is 2.77. The van der Waals surface area contributed by atoms with E-state index in [2.05, 4.69) is 24.8 Å². The van der Waals surface area contributed by atoms with Crippen LogP contribution < -0.4 is 0 Å². The van der Waals surface area contributed by atoms with Crippen molar-refractivity contribution < 1.29 is 0 Å². The van der Waals surface area contributed by atoms with Crippen LogP contribution in [0.15, 0.2) is 24.3 Å². The molecule has 1 aromatic carbocycles. The summed E-state index contributed by atoms with van der Waals surface area (Å²) in [6.07, 6.45) is 5.25. The van der Waals surface area contributed by atoms with E-state index < -0.39 is 0 Å². The SMILES string of the molecule is SCCCCCCSCc1ccc(Cl)cc1. The lowest BCUT2D eigenvalue weighted by Gasteiger charge is -2.02. The molecular formula is C13H19ClS2. The maximum Gasteiger partial charge on any atom is 0.0406 e. The van der Waals surface area contributed by atoms with Crippen molar-refractivity contribution in [2.75, 3.05) is 11.5 Å². The van der Waals surface area contributed by atoms with Gasteiger partial charge in [0.05, 0.1) is 0 Å². The van der Waals surface area contributed by atoms with Crippen LogP contribution in [0.4, 0.5) is 0 Å². The van der Waals surface area contributed by atoms with Gasteiger partial charge in [-0.3, -0.25) is 0 Å². The Bertz CT molecular complexity index is 272. The summed E-state index contributed by atoms with van der Waals surface area (Å²) >= 11 is 12.0. The fourth-order valence-electron chi connectivity index (χ4n) is 1.44. The van der Waals surface area contributed by atoms with E-state index >= 15 is 0 Å². The molecule has 0 radical (unpaired) electrons. The summed E-state index contributed by atoms with van der Waals surface area (Å²) in [6.45, 7) is 0. The quantitative estimate of drug-likeness (QED) is 0.510. The molecule has 0 heterocycles. The van der Waals surface area contributed by atoms with Gasteiger partial charge in [0.25, 0.3) is 0 Å². The van der Waals surface area contributed by atoms with Crippen molar-refractivity contribution in [3.8, 4) is 0 Å². The van der Waals surface area contributed by atoms with Crippen LogP contribution in [0.25, 0.3) is 0 Å². The van der Waals surface area contributed by atoms with Gasteiger partial charge in [-0.15, -0.1) is 0 Å². The number of hydrogen-bond donors (Lipinski definition) is 1. The van der Waals surface area contributed by atoms with Gasteiger partial charge in [0.15, 0.2) is 0 Å². The van der Waals surface area contributed by atoms with E-state index in [9.17, 15) is 0 Å². The highest BCUT2D eigenvalue weighted by atomic mass is 35.5. The minimum atomic E-state index is 0.820. The Balaban J connectivity index is 2.01. The van der Waals surface area contributed by atoms with Crippen molar-refractivity contribution in [2.24, 2.45) is 0 Å². The Morgan fingerprint density at radius 3 is 2.38 bits per heavy atom. The topological polar surface area (TPSA) is 0 Å². The van der Waals surface area contributed by atoms with Gasteiger partial charge in [0.1, 0.15) is 0 Å². The summed E-state index contributed by atoms with van der Waals surface area (Å²) in [6, 6.07) is 8.14. The minimum Gasteiger partial charge on any atom is -0.179 e. The molecule has 0 saturated carbocycles. The predicted octanol–water partition coefficient (Wildman–Crippen LogP) is 5.06. The first kappa shape index (κ1) is 14.3. The number of benzene rings is 1. The van der Waals surface area contributed by atoms with Crippen LogP contribution in [0, 0.1) is 0 Å². The summed E-state index contributed by atoms with van der Waals surface area (Å²) in [5, 5.41) is 0.820. The maximum absolute atomic E-state index is 5.83. The molecule has 90 valence electrons. The molecule has 0 aromatic heterocycles. The summed E-state index contributed by atoms with van der Waals surface area (Å²) in [4.78, 5) is 0. The van der Waals surface area contributed by atoms with Gasteiger partial charge in [0, 0.05) is 10.8 Å². The van der Waals surface area contributed by atoms with Crippen LogP contribution in [-0.2, 0) is 5.75 Å². The van der Waals surface area contributed by atoms with E-state index in [4.69, 9.17) is 11.6 Å². The number of rotatable bonds is 8. The third-order valence-electron chi connectivity index (χ3n) is 2.38. The monoisotopic (exact) mass is 274 g/mol. The zero-order chi connectivity index (χ0) is 11.6. The molecule has 0 fully saturated rings. The molecule has 0 N–H and O–H groups in total. The van der Waals surface area contributed by atoms with Gasteiger partial charge in [-0.2, -0.15) is 24.4 Å². The number of hydrogen-bond acceptors (Lipinski definition) is 2. The molecule has 0 unspecified atom stereocenters. The fraction of sp³-hybridized carbons (Fsp3) is 0.538. The predicted molar refractivity (Wildman–Crippen MR) is 79.9 cm³/mol. The highest BCUT2D eigenvalue weighted by Crippen LogP contribution is 2.17. The van der Waals surface area contributed by atoms with E-state index in [0.717, 1.165) is 16.5 Å². The van der Waals surface area contributed by atoms with Crippen molar-refractivity contribution in [3.63, 3.8) is 0 Å². The van der Waals surface area contributed by atoms with E-state index in [1.165, 1.54) is 37.0 Å². The summed E-state index contributed by atoms with van der Waals surface area (Å²) in [5.41, 5.74) is 1.37. The smallest absolute Gasteiger partial charge is 0.0406 e. The van der Waals surface area contributed by atoms with E-state index in [-0.39, 0.29) is 0 Å². The minimum absolute atomic E-state index is 0.820. The van der Waals surface area contributed by atoms with Crippen LogP contribution in [0.1, 0.15) is 31.2 Å². The molecule has 0 atom stereocenters. The average molecular weight is 275 g/mol. The number of thioether (sulfide) groups is 1. The lowest BCUT2D eigenvalue weighted by Crippen LogP contribution is -1.85. The normalized spacial score (nSPS) is 10.6. The molecule has 0 aliphatic rings. The van der Waals surface area contributed by atoms with Crippen LogP contribution in [0.3, 0.4) is 0 Å².